The summed E-state index contributed by atoms with van der Waals surface area (Å²) in [6.45, 7) is 6.47. The number of rotatable bonds is 7. The van der Waals surface area contributed by atoms with Gasteiger partial charge in [-0.15, -0.1) is 0 Å². The van der Waals surface area contributed by atoms with Crippen LogP contribution in [0.25, 0.3) is 0 Å². The molecule has 19 heavy (non-hydrogen) atoms. The molecule has 1 atom stereocenters. The summed E-state index contributed by atoms with van der Waals surface area (Å²) in [5, 5.41) is -0.721. The molecule has 0 heterocycles. The van der Waals surface area contributed by atoms with Gasteiger partial charge in [0.25, 0.3) is 0 Å². The van der Waals surface area contributed by atoms with E-state index >= 15 is 0 Å². The molecule has 0 bridgehead atoms. The number of hydrogen-bond donors (Lipinski definition) is 1. The second kappa shape index (κ2) is 6.99. The van der Waals surface area contributed by atoms with Gasteiger partial charge in [-0.2, -0.15) is 4.31 Å². The molecule has 1 rings (SSSR count). The van der Waals surface area contributed by atoms with Gasteiger partial charge < -0.3 is 5.73 Å². The Balaban J connectivity index is 3.03. The summed E-state index contributed by atoms with van der Waals surface area (Å²) in [4.78, 5) is 0.0919. The zero-order valence-corrected chi connectivity index (χ0v) is 13.8. The minimum Gasteiger partial charge on any atom is -0.392 e. The van der Waals surface area contributed by atoms with E-state index < -0.39 is 15.3 Å². The van der Waals surface area contributed by atoms with E-state index in [0.717, 1.165) is 25.7 Å². The van der Waals surface area contributed by atoms with Crippen LogP contribution in [0.1, 0.15) is 52.9 Å². The zero-order valence-electron chi connectivity index (χ0n) is 12.1. The van der Waals surface area contributed by atoms with Crippen molar-refractivity contribution in [3.05, 3.63) is 0 Å². The number of nitrogens with zero attached hydrogens (tertiary/aromatic N) is 1. The van der Waals surface area contributed by atoms with Gasteiger partial charge in [0.05, 0.1) is 4.99 Å². The summed E-state index contributed by atoms with van der Waals surface area (Å²) in [6, 6.07) is 0.135. The first-order chi connectivity index (χ1) is 8.80. The Morgan fingerprint density at radius 2 is 1.89 bits per heavy atom. The van der Waals surface area contributed by atoms with Crippen molar-refractivity contribution < 1.29 is 8.42 Å². The van der Waals surface area contributed by atoms with Gasteiger partial charge >= 0.3 is 0 Å². The van der Waals surface area contributed by atoms with E-state index in [4.69, 9.17) is 18.0 Å². The highest BCUT2D eigenvalue weighted by molar-refractivity contribution is 7.92. The van der Waals surface area contributed by atoms with E-state index in [1.165, 1.54) is 0 Å². The Hall–Kier alpha value is -0.200. The van der Waals surface area contributed by atoms with Crippen LogP contribution in [0.15, 0.2) is 0 Å². The molecule has 0 amide bonds. The molecule has 1 saturated carbocycles. The van der Waals surface area contributed by atoms with Crippen molar-refractivity contribution >= 4 is 27.2 Å². The van der Waals surface area contributed by atoms with Gasteiger partial charge in [0, 0.05) is 12.6 Å². The lowest BCUT2D eigenvalue weighted by Gasteiger charge is -2.32. The minimum absolute atomic E-state index is 0.0919. The smallest absolute Gasteiger partial charge is 0.223 e. The van der Waals surface area contributed by atoms with Gasteiger partial charge in [0.1, 0.15) is 5.25 Å². The van der Waals surface area contributed by atoms with Crippen molar-refractivity contribution in [2.24, 2.45) is 11.7 Å². The molecule has 0 radical (unpaired) electrons. The molecular weight excluding hydrogens is 280 g/mol. The first-order valence-corrected chi connectivity index (χ1v) is 9.01. The highest BCUT2D eigenvalue weighted by Crippen LogP contribution is 2.28. The summed E-state index contributed by atoms with van der Waals surface area (Å²) in [5.74, 6) is 0.305. The van der Waals surface area contributed by atoms with Gasteiger partial charge in [-0.3, -0.25) is 0 Å². The molecule has 0 spiro atoms. The Labute approximate surface area is 122 Å². The number of sulfonamides is 1. The molecular formula is C13H26N2O2S2. The molecule has 0 aromatic carbocycles. The monoisotopic (exact) mass is 306 g/mol. The second-order valence-corrected chi connectivity index (χ2v) is 8.29. The minimum atomic E-state index is -3.42. The summed E-state index contributed by atoms with van der Waals surface area (Å²) in [5.41, 5.74) is 5.63. The van der Waals surface area contributed by atoms with Gasteiger partial charge in [-0.05, 0) is 25.2 Å². The van der Waals surface area contributed by atoms with Crippen LogP contribution in [0.3, 0.4) is 0 Å². The van der Waals surface area contributed by atoms with Gasteiger partial charge in [0.2, 0.25) is 10.0 Å². The number of thiocarbonyl (C=S) groups is 1. The van der Waals surface area contributed by atoms with Crippen molar-refractivity contribution in [3.8, 4) is 0 Å². The standard InChI is InChI=1S/C13H26N2O2S2/c1-4-12(13(14)18)19(16,17)15(9-10(2)3)11-7-5-6-8-11/h10-12H,4-9H2,1-3H3,(H2,14,18). The molecule has 2 N–H and O–H groups in total. The zero-order chi connectivity index (χ0) is 14.6. The first kappa shape index (κ1) is 16.9. The van der Waals surface area contributed by atoms with E-state index in [1.807, 2.05) is 20.8 Å². The SMILES string of the molecule is CCC(C(N)=S)S(=O)(=O)N(CC(C)C)C1CCCC1. The van der Waals surface area contributed by atoms with Crippen LogP contribution in [0.2, 0.25) is 0 Å². The lowest BCUT2D eigenvalue weighted by molar-refractivity contribution is 0.291. The molecule has 1 unspecified atom stereocenters. The van der Waals surface area contributed by atoms with Crippen LogP contribution in [-0.2, 0) is 10.0 Å². The lowest BCUT2D eigenvalue weighted by atomic mass is 10.2. The quantitative estimate of drug-likeness (QED) is 0.733. The van der Waals surface area contributed by atoms with E-state index in [0.29, 0.717) is 18.9 Å². The Bertz CT molecular complexity index is 401. The average Bonchev–Trinajstić information content (AvgIpc) is 2.78. The fraction of sp³-hybridized carbons (Fsp3) is 0.923. The summed E-state index contributed by atoms with van der Waals surface area (Å²) < 4.78 is 27.2. The maximum absolute atomic E-state index is 12.8. The molecule has 0 aromatic rings. The Morgan fingerprint density at radius 1 is 1.37 bits per heavy atom. The second-order valence-electron chi connectivity index (χ2n) is 5.75. The van der Waals surface area contributed by atoms with Crippen LogP contribution < -0.4 is 5.73 Å². The topological polar surface area (TPSA) is 63.4 Å². The van der Waals surface area contributed by atoms with Gasteiger partial charge in [-0.1, -0.05) is 45.8 Å². The van der Waals surface area contributed by atoms with Crippen LogP contribution in [0, 0.1) is 5.92 Å². The van der Waals surface area contributed by atoms with Gasteiger partial charge in [-0.25, -0.2) is 8.42 Å². The highest BCUT2D eigenvalue weighted by atomic mass is 32.2. The Morgan fingerprint density at radius 3 is 2.26 bits per heavy atom. The highest BCUT2D eigenvalue weighted by Gasteiger charge is 2.38. The molecule has 1 fully saturated rings. The normalized spacial score (nSPS) is 19.2. The third-order valence-corrected chi connectivity index (χ3v) is 6.49. The summed E-state index contributed by atoms with van der Waals surface area (Å²) in [6.07, 6.45) is 4.58. The van der Waals surface area contributed by atoms with Crippen LogP contribution in [0.5, 0.6) is 0 Å². The van der Waals surface area contributed by atoms with Gasteiger partial charge in [0.15, 0.2) is 0 Å². The molecule has 4 nitrogen and oxygen atoms in total. The van der Waals surface area contributed by atoms with Crippen LogP contribution in [-0.4, -0.2) is 35.5 Å². The Kier molecular flexibility index (Phi) is 6.20. The molecule has 0 aromatic heterocycles. The molecule has 1 aliphatic rings. The molecule has 0 aliphatic heterocycles. The number of hydrogen-bond acceptors (Lipinski definition) is 3. The van der Waals surface area contributed by atoms with E-state index in [9.17, 15) is 8.42 Å². The van der Waals surface area contributed by atoms with Crippen molar-refractivity contribution in [3.63, 3.8) is 0 Å². The fourth-order valence-corrected chi connectivity index (χ4v) is 5.44. The van der Waals surface area contributed by atoms with E-state index in [-0.39, 0.29) is 11.0 Å². The van der Waals surface area contributed by atoms with E-state index in [1.54, 1.807) is 4.31 Å². The summed E-state index contributed by atoms with van der Waals surface area (Å²) in [7, 11) is -3.42. The molecule has 0 saturated heterocycles. The lowest BCUT2D eigenvalue weighted by Crippen LogP contribution is -2.49. The molecule has 112 valence electrons. The van der Waals surface area contributed by atoms with Crippen molar-refractivity contribution in [1.29, 1.82) is 0 Å². The molecule has 1 aliphatic carbocycles. The van der Waals surface area contributed by atoms with E-state index in [2.05, 4.69) is 0 Å². The predicted octanol–water partition coefficient (Wildman–Crippen LogP) is 2.28. The first-order valence-electron chi connectivity index (χ1n) is 7.10. The largest absolute Gasteiger partial charge is 0.392 e. The van der Waals surface area contributed by atoms with Crippen LogP contribution in [0.4, 0.5) is 0 Å². The average molecular weight is 306 g/mol. The third kappa shape index (κ3) is 4.13. The maximum Gasteiger partial charge on any atom is 0.223 e. The number of nitrogens with two attached hydrogens (primary N) is 1. The maximum atomic E-state index is 12.8. The fourth-order valence-electron chi connectivity index (χ4n) is 2.73. The van der Waals surface area contributed by atoms with Crippen molar-refractivity contribution in [2.75, 3.05) is 6.54 Å². The molecule has 6 heteroatoms. The predicted molar refractivity (Wildman–Crippen MR) is 83.6 cm³/mol. The van der Waals surface area contributed by atoms with Crippen LogP contribution >= 0.6 is 12.2 Å². The summed E-state index contributed by atoms with van der Waals surface area (Å²) >= 11 is 4.94. The van der Waals surface area contributed by atoms with Crippen molar-refractivity contribution in [1.82, 2.24) is 4.31 Å². The third-order valence-electron chi connectivity index (χ3n) is 3.65. The van der Waals surface area contributed by atoms with Crippen molar-refractivity contribution in [2.45, 2.75) is 64.2 Å².